The van der Waals surface area contributed by atoms with Crippen LogP contribution in [0.3, 0.4) is 0 Å². The molecule has 4 atom stereocenters. The van der Waals surface area contributed by atoms with Gasteiger partial charge >= 0.3 is 12.1 Å². The number of carbonyl (C=O) groups excluding carboxylic acids is 3. The van der Waals surface area contributed by atoms with Crippen LogP contribution in [0.2, 0.25) is 0 Å². The lowest BCUT2D eigenvalue weighted by molar-refractivity contribution is -0.145. The molecule has 3 aliphatic heterocycles. The molecule has 0 unspecified atom stereocenters. The maximum atomic E-state index is 13.3. The van der Waals surface area contributed by atoms with Crippen molar-refractivity contribution in [1.29, 1.82) is 0 Å². The predicted octanol–water partition coefficient (Wildman–Crippen LogP) is 2.98. The maximum absolute atomic E-state index is 13.3. The fraction of sp³-hybridized carbons (Fsp3) is 0.556. The number of fused-ring (bicyclic) bond motifs is 3. The number of carbonyl (C=O) groups is 4. The third kappa shape index (κ3) is 4.83. The molecule has 1 saturated carbocycles. The first kappa shape index (κ1) is 24.3. The number of nitrogens with one attached hydrogen (secondary N) is 1. The molecule has 3 heterocycles. The Kier molecular flexibility index (Phi) is 6.73. The van der Waals surface area contributed by atoms with Crippen LogP contribution in [0.5, 0.6) is 0 Å². The van der Waals surface area contributed by atoms with Gasteiger partial charge in [-0.2, -0.15) is 0 Å². The monoisotopic (exact) mass is 495 g/mol. The molecular formula is C27H33N3O6. The van der Waals surface area contributed by atoms with Gasteiger partial charge in [-0.1, -0.05) is 49.3 Å². The molecule has 9 heteroatoms. The quantitative estimate of drug-likeness (QED) is 0.610. The molecule has 5 rings (SSSR count). The molecule has 4 aliphatic rings. The van der Waals surface area contributed by atoms with Gasteiger partial charge in [-0.15, -0.1) is 0 Å². The summed E-state index contributed by atoms with van der Waals surface area (Å²) in [4.78, 5) is 54.5. The summed E-state index contributed by atoms with van der Waals surface area (Å²) in [6, 6.07) is 6.97. The summed E-state index contributed by atoms with van der Waals surface area (Å²) in [6.45, 7) is 1.06. The van der Waals surface area contributed by atoms with E-state index in [4.69, 9.17) is 4.74 Å². The van der Waals surface area contributed by atoms with E-state index in [-0.39, 0.29) is 24.8 Å². The van der Waals surface area contributed by atoms with Crippen LogP contribution < -0.4 is 5.32 Å². The van der Waals surface area contributed by atoms with Crippen LogP contribution in [0.25, 0.3) is 0 Å². The lowest BCUT2D eigenvalue weighted by Crippen LogP contribution is -2.53. The zero-order valence-electron chi connectivity index (χ0n) is 20.4. The molecular weight excluding hydrogens is 462 g/mol. The highest BCUT2D eigenvalue weighted by Crippen LogP contribution is 2.45. The van der Waals surface area contributed by atoms with Crippen molar-refractivity contribution < 1.29 is 29.0 Å². The summed E-state index contributed by atoms with van der Waals surface area (Å²) in [7, 11) is 0. The molecule has 1 aromatic rings. The summed E-state index contributed by atoms with van der Waals surface area (Å²) in [6.07, 6.45) is 8.07. The van der Waals surface area contributed by atoms with Crippen LogP contribution in [0.15, 0.2) is 36.4 Å². The topological polar surface area (TPSA) is 116 Å². The second kappa shape index (κ2) is 9.95. The number of allylic oxidation sites excluding steroid dienone is 1. The van der Waals surface area contributed by atoms with Gasteiger partial charge in [-0.25, -0.2) is 9.59 Å². The first-order valence-electron chi connectivity index (χ1n) is 12.9. The minimum absolute atomic E-state index is 0.132. The number of hydrogen-bond donors (Lipinski definition) is 2. The van der Waals surface area contributed by atoms with Crippen LogP contribution in [-0.4, -0.2) is 63.0 Å². The van der Waals surface area contributed by atoms with Crippen LogP contribution in [0.1, 0.15) is 62.5 Å². The minimum atomic E-state index is -1.33. The minimum Gasteiger partial charge on any atom is -0.479 e. The number of hydrogen-bond acceptors (Lipinski definition) is 5. The van der Waals surface area contributed by atoms with Gasteiger partial charge < -0.3 is 20.1 Å². The normalized spacial score (nSPS) is 30.4. The summed E-state index contributed by atoms with van der Waals surface area (Å²) >= 11 is 0. The van der Waals surface area contributed by atoms with Gasteiger partial charge in [0.25, 0.3) is 0 Å². The molecule has 36 heavy (non-hydrogen) atoms. The van der Waals surface area contributed by atoms with Crippen LogP contribution >= 0.6 is 0 Å². The van der Waals surface area contributed by atoms with Crippen molar-refractivity contribution in [3.63, 3.8) is 0 Å². The third-order valence-corrected chi connectivity index (χ3v) is 7.87. The summed E-state index contributed by atoms with van der Waals surface area (Å²) in [5, 5.41) is 12.6. The fourth-order valence-electron chi connectivity index (χ4n) is 5.65. The Morgan fingerprint density at radius 3 is 2.50 bits per heavy atom. The molecule has 1 aliphatic carbocycles. The van der Waals surface area contributed by atoms with Crippen LogP contribution in [0.4, 0.5) is 4.79 Å². The van der Waals surface area contributed by atoms with Gasteiger partial charge in [0, 0.05) is 31.8 Å². The second-order valence-corrected chi connectivity index (χ2v) is 10.4. The van der Waals surface area contributed by atoms with Crippen molar-refractivity contribution in [3.05, 3.63) is 47.5 Å². The molecule has 192 valence electrons. The Bertz CT molecular complexity index is 1060. The Balaban J connectivity index is 1.29. The third-order valence-electron chi connectivity index (χ3n) is 7.87. The average Bonchev–Trinajstić information content (AvgIpc) is 3.18. The number of rotatable bonds is 2. The molecule has 1 saturated heterocycles. The molecule has 2 fully saturated rings. The molecule has 1 aromatic carbocycles. The Hall–Kier alpha value is -3.36. The van der Waals surface area contributed by atoms with Gasteiger partial charge in [-0.05, 0) is 36.8 Å². The molecule has 2 N–H and O–H groups in total. The van der Waals surface area contributed by atoms with E-state index in [1.165, 1.54) is 4.90 Å². The fourth-order valence-corrected chi connectivity index (χ4v) is 5.65. The van der Waals surface area contributed by atoms with Gasteiger partial charge in [0.05, 0.1) is 6.54 Å². The van der Waals surface area contributed by atoms with Gasteiger partial charge in [0.2, 0.25) is 11.8 Å². The lowest BCUT2D eigenvalue weighted by atomic mass is 10.1. The van der Waals surface area contributed by atoms with E-state index < -0.39 is 35.7 Å². The lowest BCUT2D eigenvalue weighted by Gasteiger charge is -2.25. The van der Waals surface area contributed by atoms with Crippen molar-refractivity contribution in [1.82, 2.24) is 15.1 Å². The highest BCUT2D eigenvalue weighted by atomic mass is 16.6. The van der Waals surface area contributed by atoms with Crippen LogP contribution in [0, 0.1) is 5.92 Å². The van der Waals surface area contributed by atoms with E-state index in [9.17, 15) is 24.3 Å². The zero-order valence-corrected chi connectivity index (χ0v) is 20.4. The predicted molar refractivity (Wildman–Crippen MR) is 130 cm³/mol. The van der Waals surface area contributed by atoms with Gasteiger partial charge in [0.1, 0.15) is 17.7 Å². The van der Waals surface area contributed by atoms with Crippen molar-refractivity contribution in [2.75, 3.05) is 6.54 Å². The van der Waals surface area contributed by atoms with Crippen molar-refractivity contribution in [2.24, 2.45) is 5.92 Å². The molecule has 0 radical (unpaired) electrons. The second-order valence-electron chi connectivity index (χ2n) is 10.4. The number of benzene rings is 1. The molecule has 0 aromatic heterocycles. The highest BCUT2D eigenvalue weighted by Gasteiger charge is 2.61. The highest BCUT2D eigenvalue weighted by molar-refractivity contribution is 5.94. The Labute approximate surface area is 210 Å². The van der Waals surface area contributed by atoms with E-state index in [0.717, 1.165) is 43.2 Å². The molecule has 0 bridgehead atoms. The standard InChI is InChI=1S/C27H33N3O6/c31-23-12-6-4-2-1-3-5-11-20-14-27(20,25(33)34)28-24(32)22-13-21(17-30(22)23)36-26(35)29-15-18-9-7-8-10-19(18)16-29/h5,7-11,20-22H,1-4,6,12-17H2,(H,28,32)(H,33,34)/t20-,21-,22+,27-/m1/s1. The van der Waals surface area contributed by atoms with E-state index in [2.05, 4.69) is 5.32 Å². The summed E-state index contributed by atoms with van der Waals surface area (Å²) in [5.74, 6) is -1.99. The number of amides is 3. The number of aliphatic carboxylic acids is 1. The number of carboxylic acids is 1. The molecule has 3 amide bonds. The smallest absolute Gasteiger partial charge is 0.410 e. The van der Waals surface area contributed by atoms with Crippen LogP contribution in [-0.2, 0) is 32.2 Å². The van der Waals surface area contributed by atoms with Gasteiger partial charge in [-0.3, -0.25) is 14.5 Å². The number of carboxylic acid groups (broad SMARTS) is 1. The van der Waals surface area contributed by atoms with E-state index in [1.54, 1.807) is 4.90 Å². The van der Waals surface area contributed by atoms with Crippen molar-refractivity contribution in [3.8, 4) is 0 Å². The van der Waals surface area contributed by atoms with Gasteiger partial charge in [0.15, 0.2) is 0 Å². The molecule has 0 spiro atoms. The van der Waals surface area contributed by atoms with Crippen molar-refractivity contribution in [2.45, 2.75) is 82.1 Å². The molecule has 9 nitrogen and oxygen atoms in total. The van der Waals surface area contributed by atoms with E-state index in [0.29, 0.717) is 25.9 Å². The SMILES string of the molecule is O=C1N[C@]2(C(=O)O)C[C@H]2C=CCCCCCCC(=O)N2C[C@H](OC(=O)N3Cc4ccccc4C3)C[C@@H]12. The first-order valence-corrected chi connectivity index (χ1v) is 12.9. The van der Waals surface area contributed by atoms with E-state index in [1.807, 2.05) is 36.4 Å². The van der Waals surface area contributed by atoms with E-state index >= 15 is 0 Å². The summed E-state index contributed by atoms with van der Waals surface area (Å²) in [5.41, 5.74) is 0.823. The number of ether oxygens (including phenoxy) is 1. The maximum Gasteiger partial charge on any atom is 0.410 e. The Morgan fingerprint density at radius 2 is 1.78 bits per heavy atom. The number of nitrogens with zero attached hydrogens (tertiary/aromatic N) is 2. The average molecular weight is 496 g/mol. The Morgan fingerprint density at radius 1 is 1.06 bits per heavy atom. The summed E-state index contributed by atoms with van der Waals surface area (Å²) < 4.78 is 5.76. The van der Waals surface area contributed by atoms with Crippen molar-refractivity contribution >= 4 is 23.9 Å². The largest absolute Gasteiger partial charge is 0.479 e. The first-order chi connectivity index (χ1) is 17.4. The zero-order chi connectivity index (χ0) is 25.3.